The summed E-state index contributed by atoms with van der Waals surface area (Å²) < 4.78 is 39.2. The Hall–Kier alpha value is -3.79. The summed E-state index contributed by atoms with van der Waals surface area (Å²) in [6, 6.07) is 6.49. The molecule has 0 fully saturated rings. The van der Waals surface area contributed by atoms with Crippen molar-refractivity contribution in [2.45, 2.75) is 13.1 Å². The molecule has 4 rings (SSSR count). The van der Waals surface area contributed by atoms with E-state index >= 15 is 0 Å². The Morgan fingerprint density at radius 3 is 2.55 bits per heavy atom. The summed E-state index contributed by atoms with van der Waals surface area (Å²) in [7, 11) is 1.76. The number of pyridine rings is 4. The lowest BCUT2D eigenvalue weighted by Crippen LogP contribution is -2.16. The molecule has 4 heterocycles. The van der Waals surface area contributed by atoms with Crippen LogP contribution < -0.4 is 10.6 Å². The van der Waals surface area contributed by atoms with E-state index < -0.39 is 22.8 Å². The van der Waals surface area contributed by atoms with Gasteiger partial charge < -0.3 is 10.6 Å². The van der Waals surface area contributed by atoms with Crippen LogP contribution in [0.15, 0.2) is 49.1 Å². The Morgan fingerprint density at radius 1 is 1.03 bits per heavy atom. The van der Waals surface area contributed by atoms with Crippen molar-refractivity contribution >= 4 is 39.9 Å². The number of amides is 1. The first kappa shape index (κ1) is 22.4. The predicted molar refractivity (Wildman–Crippen MR) is 119 cm³/mol. The maximum Gasteiger partial charge on any atom is 0.434 e. The first-order valence-corrected chi connectivity index (χ1v) is 9.99. The number of aromatic nitrogens is 4. The van der Waals surface area contributed by atoms with Gasteiger partial charge in [0, 0.05) is 53.9 Å². The number of anilines is 2. The number of carbonyl (C=O) groups is 1. The lowest BCUT2D eigenvalue weighted by atomic mass is 10.0. The summed E-state index contributed by atoms with van der Waals surface area (Å²) in [6.45, 7) is 1.79. The van der Waals surface area contributed by atoms with Crippen LogP contribution >= 0.6 is 11.6 Å². The molecule has 0 aliphatic heterocycles. The number of alkyl halides is 3. The summed E-state index contributed by atoms with van der Waals surface area (Å²) >= 11 is 5.81. The molecule has 0 aliphatic carbocycles. The Labute approximate surface area is 191 Å². The lowest BCUT2D eigenvalue weighted by molar-refractivity contribution is -0.141. The number of halogens is 4. The third kappa shape index (κ3) is 4.56. The fraction of sp³-hybridized carbons (Fsp3) is 0.136. The van der Waals surface area contributed by atoms with Gasteiger partial charge in [-0.1, -0.05) is 11.6 Å². The number of hydrogen-bond donors (Lipinski definition) is 2. The van der Waals surface area contributed by atoms with Gasteiger partial charge in [-0.15, -0.1) is 0 Å². The van der Waals surface area contributed by atoms with Gasteiger partial charge in [0.25, 0.3) is 5.91 Å². The van der Waals surface area contributed by atoms with Crippen LogP contribution in [0.2, 0.25) is 5.02 Å². The Morgan fingerprint density at radius 2 is 1.82 bits per heavy atom. The molecule has 0 unspecified atom stereocenters. The zero-order valence-electron chi connectivity index (χ0n) is 17.3. The van der Waals surface area contributed by atoms with Gasteiger partial charge in [0.15, 0.2) is 5.69 Å². The van der Waals surface area contributed by atoms with E-state index in [1.165, 1.54) is 6.20 Å². The first-order chi connectivity index (χ1) is 15.7. The second kappa shape index (κ2) is 8.62. The molecule has 0 bridgehead atoms. The van der Waals surface area contributed by atoms with E-state index in [1.807, 2.05) is 12.1 Å². The van der Waals surface area contributed by atoms with Gasteiger partial charge in [-0.05, 0) is 25.1 Å². The van der Waals surface area contributed by atoms with Crippen molar-refractivity contribution in [2.24, 2.45) is 0 Å². The molecule has 168 valence electrons. The Balaban J connectivity index is 1.66. The molecule has 4 aromatic heterocycles. The highest BCUT2D eigenvalue weighted by molar-refractivity contribution is 6.35. The molecule has 0 aliphatic rings. The number of rotatable bonds is 4. The standard InChI is InChI=1S/C22H16ClF3N6O/c1-11-16(12-5-13-9-31-18(27-2)7-17(13)30-8-12)6-14(10-29-11)32-21(33)15-3-4-28-20(19(15)23)22(24,25)26/h3-10H,1-2H3,(H,27,31)(H,32,33). The third-order valence-electron chi connectivity index (χ3n) is 4.88. The van der Waals surface area contributed by atoms with Crippen LogP contribution in [0.5, 0.6) is 0 Å². The van der Waals surface area contributed by atoms with Crippen LogP contribution in [-0.2, 0) is 6.18 Å². The normalized spacial score (nSPS) is 11.5. The average Bonchev–Trinajstić information content (AvgIpc) is 2.79. The van der Waals surface area contributed by atoms with Crippen LogP contribution in [0.4, 0.5) is 24.7 Å². The minimum atomic E-state index is -4.78. The maximum absolute atomic E-state index is 13.1. The summed E-state index contributed by atoms with van der Waals surface area (Å²) in [5.74, 6) is -0.126. The number of fused-ring (bicyclic) bond motifs is 1. The minimum absolute atomic E-state index is 0.283. The first-order valence-electron chi connectivity index (χ1n) is 9.61. The van der Waals surface area contributed by atoms with E-state index in [2.05, 4.69) is 30.6 Å². The highest BCUT2D eigenvalue weighted by Gasteiger charge is 2.36. The Kier molecular flexibility index (Phi) is 5.86. The highest BCUT2D eigenvalue weighted by Crippen LogP contribution is 2.35. The Bertz CT molecular complexity index is 1380. The molecule has 0 spiro atoms. The largest absolute Gasteiger partial charge is 0.434 e. The van der Waals surface area contributed by atoms with E-state index in [9.17, 15) is 18.0 Å². The van der Waals surface area contributed by atoms with Crippen LogP contribution in [0.25, 0.3) is 22.0 Å². The molecular weight excluding hydrogens is 457 g/mol. The average molecular weight is 473 g/mol. The molecule has 0 saturated heterocycles. The third-order valence-corrected chi connectivity index (χ3v) is 5.26. The van der Waals surface area contributed by atoms with Gasteiger partial charge >= 0.3 is 6.18 Å². The SMILES string of the molecule is CNc1cc2ncc(-c3cc(NC(=O)c4ccnc(C(F)(F)F)c4Cl)cnc3C)cc2cn1. The van der Waals surface area contributed by atoms with Crippen molar-refractivity contribution in [3.63, 3.8) is 0 Å². The maximum atomic E-state index is 13.1. The number of carbonyl (C=O) groups excluding carboxylic acids is 1. The van der Waals surface area contributed by atoms with Gasteiger partial charge in [0.1, 0.15) is 5.82 Å². The number of aryl methyl sites for hydroxylation is 1. The lowest BCUT2D eigenvalue weighted by Gasteiger charge is -2.13. The zero-order valence-corrected chi connectivity index (χ0v) is 18.1. The van der Waals surface area contributed by atoms with E-state index in [4.69, 9.17) is 11.6 Å². The summed E-state index contributed by atoms with van der Waals surface area (Å²) in [4.78, 5) is 28.9. The summed E-state index contributed by atoms with van der Waals surface area (Å²) in [5, 5.41) is 5.54. The number of nitrogens with one attached hydrogen (secondary N) is 2. The monoisotopic (exact) mass is 472 g/mol. The highest BCUT2D eigenvalue weighted by atomic mass is 35.5. The smallest absolute Gasteiger partial charge is 0.373 e. The molecule has 0 aromatic carbocycles. The quantitative estimate of drug-likeness (QED) is 0.415. The second-order valence-electron chi connectivity index (χ2n) is 7.07. The van der Waals surface area contributed by atoms with E-state index in [0.717, 1.165) is 28.7 Å². The predicted octanol–water partition coefficient (Wildman–Crippen LogP) is 5.36. The van der Waals surface area contributed by atoms with E-state index in [1.54, 1.807) is 32.4 Å². The van der Waals surface area contributed by atoms with Crippen LogP contribution in [-0.4, -0.2) is 32.9 Å². The number of nitrogens with zero attached hydrogens (tertiary/aromatic N) is 4. The molecule has 0 radical (unpaired) electrons. The molecule has 4 aromatic rings. The molecule has 33 heavy (non-hydrogen) atoms. The van der Waals surface area contributed by atoms with Gasteiger partial charge in [0.05, 0.1) is 28.0 Å². The summed E-state index contributed by atoms with van der Waals surface area (Å²) in [5.41, 5.74) is 1.47. The van der Waals surface area contributed by atoms with Crippen molar-refractivity contribution in [1.82, 2.24) is 19.9 Å². The van der Waals surface area contributed by atoms with Crippen molar-refractivity contribution in [3.8, 4) is 11.1 Å². The van der Waals surface area contributed by atoms with Crippen molar-refractivity contribution < 1.29 is 18.0 Å². The van der Waals surface area contributed by atoms with E-state index in [-0.39, 0.29) is 11.3 Å². The zero-order chi connectivity index (χ0) is 23.8. The van der Waals surface area contributed by atoms with Gasteiger partial charge in [-0.2, -0.15) is 13.2 Å². The summed E-state index contributed by atoms with van der Waals surface area (Å²) in [6.07, 6.45) is 0.878. The molecule has 0 atom stereocenters. The topological polar surface area (TPSA) is 92.7 Å². The van der Waals surface area contributed by atoms with Crippen molar-refractivity contribution in [2.75, 3.05) is 17.7 Å². The number of hydrogen-bond acceptors (Lipinski definition) is 6. The van der Waals surface area contributed by atoms with Crippen LogP contribution in [0.3, 0.4) is 0 Å². The van der Waals surface area contributed by atoms with Crippen LogP contribution in [0, 0.1) is 6.92 Å². The fourth-order valence-electron chi connectivity index (χ4n) is 3.22. The van der Waals surface area contributed by atoms with Crippen LogP contribution in [0.1, 0.15) is 21.7 Å². The van der Waals surface area contributed by atoms with Gasteiger partial charge in [0.2, 0.25) is 0 Å². The second-order valence-corrected chi connectivity index (χ2v) is 7.44. The molecule has 11 heteroatoms. The molecule has 0 saturated carbocycles. The van der Waals surface area contributed by atoms with Crippen molar-refractivity contribution in [1.29, 1.82) is 0 Å². The molecular formula is C22H16ClF3N6O. The van der Waals surface area contributed by atoms with Gasteiger partial charge in [-0.3, -0.25) is 19.7 Å². The molecule has 2 N–H and O–H groups in total. The minimum Gasteiger partial charge on any atom is -0.373 e. The fourth-order valence-corrected chi connectivity index (χ4v) is 3.52. The van der Waals surface area contributed by atoms with Gasteiger partial charge in [-0.25, -0.2) is 4.98 Å². The van der Waals surface area contributed by atoms with E-state index in [0.29, 0.717) is 17.1 Å². The van der Waals surface area contributed by atoms with Crippen molar-refractivity contribution in [3.05, 3.63) is 71.0 Å². The molecule has 7 nitrogen and oxygen atoms in total. The molecule has 1 amide bonds.